The van der Waals surface area contributed by atoms with E-state index in [1.165, 1.54) is 25.3 Å². The first-order valence-corrected chi connectivity index (χ1v) is 6.44. The molecule has 0 bridgehead atoms. The summed E-state index contributed by atoms with van der Waals surface area (Å²) in [5, 5.41) is 0. The molecule has 0 fully saturated rings. The van der Waals surface area contributed by atoms with Crippen molar-refractivity contribution in [1.29, 1.82) is 0 Å². The van der Waals surface area contributed by atoms with Gasteiger partial charge in [-0.3, -0.25) is 0 Å². The number of benzene rings is 2. The van der Waals surface area contributed by atoms with Crippen molar-refractivity contribution in [3.8, 4) is 5.75 Å². The van der Waals surface area contributed by atoms with Gasteiger partial charge in [-0.25, -0.2) is 8.78 Å². The molecule has 0 amide bonds. The summed E-state index contributed by atoms with van der Waals surface area (Å²) in [7, 11) is 1.42. The molecule has 1 atom stereocenters. The van der Waals surface area contributed by atoms with Gasteiger partial charge >= 0.3 is 0 Å². The Labute approximate surface area is 117 Å². The molecular formula is C16H17F2NO. The summed E-state index contributed by atoms with van der Waals surface area (Å²) in [6, 6.07) is 11.1. The normalized spacial score (nSPS) is 12.2. The topological polar surface area (TPSA) is 35.2 Å². The third-order valence-corrected chi connectivity index (χ3v) is 3.28. The van der Waals surface area contributed by atoms with Crippen molar-refractivity contribution in [2.24, 2.45) is 5.73 Å². The first-order valence-electron chi connectivity index (χ1n) is 6.44. The van der Waals surface area contributed by atoms with E-state index in [0.29, 0.717) is 13.0 Å². The van der Waals surface area contributed by atoms with Crippen LogP contribution in [-0.4, -0.2) is 13.7 Å². The van der Waals surface area contributed by atoms with Gasteiger partial charge in [-0.15, -0.1) is 0 Å². The maximum Gasteiger partial charge on any atom is 0.165 e. The fourth-order valence-electron chi connectivity index (χ4n) is 2.32. The first kappa shape index (κ1) is 14.5. The SMILES string of the molecule is COc1ccc(C(CCN)c2cccc(F)c2)cc1F. The number of halogens is 2. The Balaban J connectivity index is 2.40. The van der Waals surface area contributed by atoms with Gasteiger partial charge in [-0.2, -0.15) is 0 Å². The van der Waals surface area contributed by atoms with E-state index in [9.17, 15) is 8.78 Å². The van der Waals surface area contributed by atoms with Crippen LogP contribution < -0.4 is 10.5 Å². The molecule has 4 heteroatoms. The predicted octanol–water partition coefficient (Wildman–Crippen LogP) is 3.45. The molecule has 0 saturated carbocycles. The van der Waals surface area contributed by atoms with Crippen LogP contribution in [0, 0.1) is 11.6 Å². The van der Waals surface area contributed by atoms with E-state index >= 15 is 0 Å². The number of nitrogens with two attached hydrogens (primary N) is 1. The largest absolute Gasteiger partial charge is 0.494 e. The van der Waals surface area contributed by atoms with Gasteiger partial charge in [0, 0.05) is 5.92 Å². The van der Waals surface area contributed by atoms with Gasteiger partial charge in [0.2, 0.25) is 0 Å². The Bertz CT molecular complexity index is 586. The number of rotatable bonds is 5. The molecule has 2 N–H and O–H groups in total. The quantitative estimate of drug-likeness (QED) is 0.908. The molecule has 0 aliphatic rings. The molecule has 0 spiro atoms. The lowest BCUT2D eigenvalue weighted by Crippen LogP contribution is -2.09. The zero-order valence-corrected chi connectivity index (χ0v) is 11.3. The van der Waals surface area contributed by atoms with Crippen molar-refractivity contribution >= 4 is 0 Å². The van der Waals surface area contributed by atoms with Crippen LogP contribution in [0.3, 0.4) is 0 Å². The van der Waals surface area contributed by atoms with Gasteiger partial charge in [0.1, 0.15) is 5.82 Å². The molecule has 106 valence electrons. The fraction of sp³-hybridized carbons (Fsp3) is 0.250. The van der Waals surface area contributed by atoms with E-state index < -0.39 is 5.82 Å². The summed E-state index contributed by atoms with van der Waals surface area (Å²) in [6.07, 6.45) is 0.620. The van der Waals surface area contributed by atoms with E-state index in [1.807, 2.05) is 6.07 Å². The van der Waals surface area contributed by atoms with Crippen molar-refractivity contribution in [2.75, 3.05) is 13.7 Å². The average Bonchev–Trinajstić information content (AvgIpc) is 2.44. The van der Waals surface area contributed by atoms with Crippen LogP contribution >= 0.6 is 0 Å². The second kappa shape index (κ2) is 6.48. The lowest BCUT2D eigenvalue weighted by Gasteiger charge is -2.18. The van der Waals surface area contributed by atoms with Crippen LogP contribution in [-0.2, 0) is 0 Å². The molecule has 0 aliphatic carbocycles. The predicted molar refractivity (Wildman–Crippen MR) is 74.9 cm³/mol. The maximum atomic E-state index is 13.8. The van der Waals surface area contributed by atoms with Crippen LogP contribution in [0.15, 0.2) is 42.5 Å². The average molecular weight is 277 g/mol. The highest BCUT2D eigenvalue weighted by atomic mass is 19.1. The standard InChI is InChI=1S/C16H17F2NO/c1-20-16-6-5-12(10-15(16)18)14(7-8-19)11-3-2-4-13(17)9-11/h2-6,9-10,14H,7-8,19H2,1H3. The van der Waals surface area contributed by atoms with Gasteiger partial charge in [0.25, 0.3) is 0 Å². The Hall–Kier alpha value is -1.94. The maximum absolute atomic E-state index is 13.8. The Morgan fingerprint density at radius 2 is 1.85 bits per heavy atom. The van der Waals surface area contributed by atoms with Gasteiger partial charge < -0.3 is 10.5 Å². The minimum absolute atomic E-state index is 0.129. The molecule has 0 aliphatic heterocycles. The molecule has 0 heterocycles. The zero-order valence-electron chi connectivity index (χ0n) is 11.3. The molecule has 0 radical (unpaired) electrons. The van der Waals surface area contributed by atoms with Crippen LogP contribution in [0.4, 0.5) is 8.78 Å². The highest BCUT2D eigenvalue weighted by molar-refractivity contribution is 5.37. The number of hydrogen-bond donors (Lipinski definition) is 1. The second-order valence-corrected chi connectivity index (χ2v) is 4.58. The van der Waals surface area contributed by atoms with Crippen molar-refractivity contribution in [3.63, 3.8) is 0 Å². The van der Waals surface area contributed by atoms with E-state index in [2.05, 4.69) is 0 Å². The summed E-state index contributed by atoms with van der Waals surface area (Å²) in [4.78, 5) is 0. The highest BCUT2D eigenvalue weighted by Gasteiger charge is 2.16. The smallest absolute Gasteiger partial charge is 0.165 e. The van der Waals surface area contributed by atoms with Crippen LogP contribution in [0.2, 0.25) is 0 Å². The van der Waals surface area contributed by atoms with E-state index in [-0.39, 0.29) is 17.5 Å². The molecule has 2 rings (SSSR count). The van der Waals surface area contributed by atoms with Crippen molar-refractivity contribution in [2.45, 2.75) is 12.3 Å². The minimum atomic E-state index is -0.427. The Kier molecular flexibility index (Phi) is 4.69. The van der Waals surface area contributed by atoms with E-state index in [0.717, 1.165) is 11.1 Å². The van der Waals surface area contributed by atoms with Gasteiger partial charge in [-0.1, -0.05) is 18.2 Å². The Morgan fingerprint density at radius 1 is 1.10 bits per heavy atom. The monoisotopic (exact) mass is 277 g/mol. The summed E-state index contributed by atoms with van der Waals surface area (Å²) < 4.78 is 32.1. The van der Waals surface area contributed by atoms with Crippen molar-refractivity contribution < 1.29 is 13.5 Å². The molecule has 0 aromatic heterocycles. The zero-order chi connectivity index (χ0) is 14.5. The van der Waals surface area contributed by atoms with Gasteiger partial charge in [0.05, 0.1) is 7.11 Å². The molecular weight excluding hydrogens is 260 g/mol. The lowest BCUT2D eigenvalue weighted by atomic mass is 9.88. The molecule has 0 saturated heterocycles. The van der Waals surface area contributed by atoms with E-state index in [4.69, 9.17) is 10.5 Å². The highest BCUT2D eigenvalue weighted by Crippen LogP contribution is 2.30. The summed E-state index contributed by atoms with van der Waals surface area (Å²) in [5.41, 5.74) is 7.18. The molecule has 2 aromatic rings. The van der Waals surface area contributed by atoms with E-state index in [1.54, 1.807) is 18.2 Å². The van der Waals surface area contributed by atoms with Crippen LogP contribution in [0.1, 0.15) is 23.5 Å². The third kappa shape index (κ3) is 3.14. The Morgan fingerprint density at radius 3 is 2.45 bits per heavy atom. The van der Waals surface area contributed by atoms with Crippen LogP contribution in [0.25, 0.3) is 0 Å². The number of methoxy groups -OCH3 is 1. The fourth-order valence-corrected chi connectivity index (χ4v) is 2.32. The lowest BCUT2D eigenvalue weighted by molar-refractivity contribution is 0.386. The third-order valence-electron chi connectivity index (χ3n) is 3.28. The van der Waals surface area contributed by atoms with Gasteiger partial charge in [0.15, 0.2) is 11.6 Å². The molecule has 20 heavy (non-hydrogen) atoms. The summed E-state index contributed by atoms with van der Waals surface area (Å²) in [6.45, 7) is 0.439. The van der Waals surface area contributed by atoms with Crippen molar-refractivity contribution in [3.05, 3.63) is 65.2 Å². The molecule has 2 nitrogen and oxygen atoms in total. The summed E-state index contributed by atoms with van der Waals surface area (Å²) >= 11 is 0. The molecule has 1 unspecified atom stereocenters. The van der Waals surface area contributed by atoms with Crippen LogP contribution in [0.5, 0.6) is 5.75 Å². The first-order chi connectivity index (χ1) is 9.65. The van der Waals surface area contributed by atoms with Gasteiger partial charge in [-0.05, 0) is 48.4 Å². The number of ether oxygens (including phenoxy) is 1. The van der Waals surface area contributed by atoms with Crippen molar-refractivity contribution in [1.82, 2.24) is 0 Å². The molecule has 2 aromatic carbocycles. The second-order valence-electron chi connectivity index (χ2n) is 4.58. The number of hydrogen-bond acceptors (Lipinski definition) is 2. The summed E-state index contributed by atoms with van der Waals surface area (Å²) in [5.74, 6) is -0.669. The minimum Gasteiger partial charge on any atom is -0.494 e.